The van der Waals surface area contributed by atoms with E-state index in [1.54, 1.807) is 11.6 Å². The summed E-state index contributed by atoms with van der Waals surface area (Å²) in [5.41, 5.74) is 4.79. The summed E-state index contributed by atoms with van der Waals surface area (Å²) in [7, 11) is 0. The average Bonchev–Trinajstić information content (AvgIpc) is 3.10. The van der Waals surface area contributed by atoms with E-state index in [-0.39, 0.29) is 5.56 Å². The standard InChI is InChI=1S/C19H16N6OS/c1-13-21-17-16(12-20-25(17)15-10-6-3-7-11-15)18(26)24(13)23-19(27)22-14-8-4-2-5-9-14/h2-12H,1H3,(H2,22,23,27). The van der Waals surface area contributed by atoms with E-state index >= 15 is 0 Å². The fourth-order valence-electron chi connectivity index (χ4n) is 2.74. The van der Waals surface area contributed by atoms with Gasteiger partial charge in [0.05, 0.1) is 11.9 Å². The van der Waals surface area contributed by atoms with E-state index in [2.05, 4.69) is 20.8 Å². The van der Waals surface area contributed by atoms with Crippen molar-refractivity contribution in [2.45, 2.75) is 6.92 Å². The Balaban J connectivity index is 1.69. The molecule has 0 saturated carbocycles. The molecule has 0 atom stereocenters. The van der Waals surface area contributed by atoms with Gasteiger partial charge in [0.2, 0.25) is 0 Å². The Morgan fingerprint density at radius 1 is 1.04 bits per heavy atom. The number of thiocarbonyl (C=S) groups is 1. The van der Waals surface area contributed by atoms with Crippen LogP contribution in [0.25, 0.3) is 16.7 Å². The van der Waals surface area contributed by atoms with Gasteiger partial charge < -0.3 is 5.32 Å². The summed E-state index contributed by atoms with van der Waals surface area (Å²) >= 11 is 5.31. The van der Waals surface area contributed by atoms with Gasteiger partial charge in [0.1, 0.15) is 11.2 Å². The first-order valence-corrected chi connectivity index (χ1v) is 8.70. The maximum Gasteiger partial charge on any atom is 0.283 e. The fourth-order valence-corrected chi connectivity index (χ4v) is 2.95. The van der Waals surface area contributed by atoms with Crippen molar-refractivity contribution in [3.05, 3.63) is 83.0 Å². The zero-order valence-corrected chi connectivity index (χ0v) is 15.3. The predicted octanol–water partition coefficient (Wildman–Crippen LogP) is 2.83. The van der Waals surface area contributed by atoms with Gasteiger partial charge in [0, 0.05) is 5.69 Å². The molecule has 4 rings (SSSR count). The normalized spacial score (nSPS) is 10.7. The van der Waals surface area contributed by atoms with Gasteiger partial charge in [-0.1, -0.05) is 36.4 Å². The maximum absolute atomic E-state index is 12.9. The topological polar surface area (TPSA) is 76.8 Å². The van der Waals surface area contributed by atoms with Crippen LogP contribution in [0, 0.1) is 6.92 Å². The SMILES string of the molecule is Cc1nc2c(cnn2-c2ccccc2)c(=O)n1NC(=S)Nc1ccccc1. The van der Waals surface area contributed by atoms with Crippen LogP contribution < -0.4 is 16.3 Å². The van der Waals surface area contributed by atoms with Crippen LogP contribution in [0.1, 0.15) is 5.82 Å². The van der Waals surface area contributed by atoms with Gasteiger partial charge in [-0.05, 0) is 43.4 Å². The number of fused-ring (bicyclic) bond motifs is 1. The Hall–Kier alpha value is -3.52. The van der Waals surface area contributed by atoms with Gasteiger partial charge in [-0.2, -0.15) is 5.10 Å². The first-order chi connectivity index (χ1) is 13.1. The van der Waals surface area contributed by atoms with Crippen molar-refractivity contribution in [1.29, 1.82) is 0 Å². The summed E-state index contributed by atoms with van der Waals surface area (Å²) in [5, 5.41) is 8.05. The summed E-state index contributed by atoms with van der Waals surface area (Å²) in [5.74, 6) is 0.474. The second kappa shape index (κ2) is 7.00. The smallest absolute Gasteiger partial charge is 0.283 e. The minimum atomic E-state index is -0.267. The Kier molecular flexibility index (Phi) is 4.39. The van der Waals surface area contributed by atoms with Crippen molar-refractivity contribution in [2.75, 3.05) is 10.7 Å². The third-order valence-electron chi connectivity index (χ3n) is 4.01. The van der Waals surface area contributed by atoms with Crippen molar-refractivity contribution >= 4 is 34.1 Å². The molecule has 0 fully saturated rings. The molecule has 0 amide bonds. The summed E-state index contributed by atoms with van der Waals surface area (Å²) in [4.78, 5) is 17.4. The van der Waals surface area contributed by atoms with E-state index in [0.29, 0.717) is 22.0 Å². The highest BCUT2D eigenvalue weighted by Crippen LogP contribution is 2.14. The second-order valence-electron chi connectivity index (χ2n) is 5.86. The molecule has 2 aromatic heterocycles. The number of nitrogens with zero attached hydrogens (tertiary/aromatic N) is 4. The monoisotopic (exact) mass is 376 g/mol. The van der Waals surface area contributed by atoms with Gasteiger partial charge in [-0.15, -0.1) is 0 Å². The summed E-state index contributed by atoms with van der Waals surface area (Å²) in [6, 6.07) is 19.0. The quantitative estimate of drug-likeness (QED) is 0.536. The van der Waals surface area contributed by atoms with Gasteiger partial charge in [-0.25, -0.2) is 14.3 Å². The number of aryl methyl sites for hydroxylation is 1. The van der Waals surface area contributed by atoms with Crippen molar-refractivity contribution < 1.29 is 0 Å². The molecule has 0 unspecified atom stereocenters. The third-order valence-corrected chi connectivity index (χ3v) is 4.21. The molecule has 0 aliphatic heterocycles. The highest BCUT2D eigenvalue weighted by atomic mass is 32.1. The van der Waals surface area contributed by atoms with Crippen molar-refractivity contribution in [3.63, 3.8) is 0 Å². The molecular formula is C19H16N6OS. The lowest BCUT2D eigenvalue weighted by Crippen LogP contribution is -2.37. The average molecular weight is 376 g/mol. The molecule has 0 bridgehead atoms. The molecule has 8 heteroatoms. The summed E-state index contributed by atoms with van der Waals surface area (Å²) in [6.45, 7) is 1.74. The van der Waals surface area contributed by atoms with E-state index in [4.69, 9.17) is 12.2 Å². The lowest BCUT2D eigenvalue weighted by molar-refractivity contribution is 0.823. The molecule has 27 heavy (non-hydrogen) atoms. The number of benzene rings is 2. The van der Waals surface area contributed by atoms with E-state index in [1.807, 2.05) is 60.7 Å². The lowest BCUT2D eigenvalue weighted by atomic mass is 10.3. The molecule has 0 aliphatic rings. The third kappa shape index (κ3) is 3.30. The zero-order chi connectivity index (χ0) is 18.8. The van der Waals surface area contributed by atoms with Gasteiger partial charge in [-0.3, -0.25) is 10.2 Å². The van der Waals surface area contributed by atoms with Crippen LogP contribution in [-0.2, 0) is 0 Å². The van der Waals surface area contributed by atoms with Gasteiger partial charge >= 0.3 is 0 Å². The molecule has 134 valence electrons. The minimum absolute atomic E-state index is 0.267. The van der Waals surface area contributed by atoms with E-state index in [0.717, 1.165) is 11.4 Å². The minimum Gasteiger partial charge on any atom is -0.331 e. The molecule has 0 radical (unpaired) electrons. The number of para-hydroxylation sites is 2. The highest BCUT2D eigenvalue weighted by molar-refractivity contribution is 7.80. The van der Waals surface area contributed by atoms with E-state index in [9.17, 15) is 4.79 Å². The number of hydrogen-bond donors (Lipinski definition) is 2. The zero-order valence-electron chi connectivity index (χ0n) is 14.5. The van der Waals surface area contributed by atoms with Crippen molar-refractivity contribution in [3.8, 4) is 5.69 Å². The Morgan fingerprint density at radius 2 is 1.70 bits per heavy atom. The van der Waals surface area contributed by atoms with Crippen LogP contribution in [0.2, 0.25) is 0 Å². The van der Waals surface area contributed by atoms with Crippen LogP contribution in [-0.4, -0.2) is 24.6 Å². The van der Waals surface area contributed by atoms with Crippen molar-refractivity contribution in [1.82, 2.24) is 19.4 Å². The number of aromatic nitrogens is 4. The number of rotatable bonds is 3. The van der Waals surface area contributed by atoms with E-state index in [1.165, 1.54) is 10.9 Å². The molecule has 0 spiro atoms. The van der Waals surface area contributed by atoms with Crippen LogP contribution >= 0.6 is 12.2 Å². The first kappa shape index (κ1) is 16.9. The van der Waals surface area contributed by atoms with E-state index < -0.39 is 0 Å². The molecule has 2 N–H and O–H groups in total. The molecular weight excluding hydrogens is 360 g/mol. The first-order valence-electron chi connectivity index (χ1n) is 8.29. The predicted molar refractivity (Wildman–Crippen MR) is 110 cm³/mol. The number of nitrogens with one attached hydrogen (secondary N) is 2. The molecule has 0 aliphatic carbocycles. The van der Waals surface area contributed by atoms with Crippen LogP contribution in [0.4, 0.5) is 5.69 Å². The molecule has 2 aromatic carbocycles. The highest BCUT2D eigenvalue weighted by Gasteiger charge is 2.14. The van der Waals surface area contributed by atoms with Crippen LogP contribution in [0.3, 0.4) is 0 Å². The summed E-state index contributed by atoms with van der Waals surface area (Å²) < 4.78 is 2.96. The largest absolute Gasteiger partial charge is 0.331 e. The van der Waals surface area contributed by atoms with Gasteiger partial charge in [0.25, 0.3) is 5.56 Å². The van der Waals surface area contributed by atoms with Gasteiger partial charge in [0.15, 0.2) is 10.8 Å². The van der Waals surface area contributed by atoms with Crippen molar-refractivity contribution in [2.24, 2.45) is 0 Å². The Bertz CT molecular complexity index is 1170. The lowest BCUT2D eigenvalue weighted by Gasteiger charge is -2.14. The molecule has 2 heterocycles. The second-order valence-corrected chi connectivity index (χ2v) is 6.27. The molecule has 4 aromatic rings. The maximum atomic E-state index is 12.9. The number of hydrogen-bond acceptors (Lipinski definition) is 4. The van der Waals surface area contributed by atoms with Crippen LogP contribution in [0.15, 0.2) is 71.7 Å². The fraction of sp³-hybridized carbons (Fsp3) is 0.0526. The van der Waals surface area contributed by atoms with Crippen LogP contribution in [0.5, 0.6) is 0 Å². The molecule has 7 nitrogen and oxygen atoms in total. The Morgan fingerprint density at radius 3 is 2.41 bits per heavy atom. The molecule has 0 saturated heterocycles. The Labute approximate surface area is 160 Å². The number of anilines is 1. The summed E-state index contributed by atoms with van der Waals surface area (Å²) in [6.07, 6.45) is 1.52.